The Labute approximate surface area is 120 Å². The molecule has 19 heavy (non-hydrogen) atoms. The van der Waals surface area contributed by atoms with Crippen molar-refractivity contribution in [2.24, 2.45) is 5.73 Å². The minimum atomic E-state index is 0.401. The molecule has 0 radical (unpaired) electrons. The van der Waals surface area contributed by atoms with E-state index < -0.39 is 0 Å². The Bertz CT molecular complexity index is 434. The number of halogens is 1. The van der Waals surface area contributed by atoms with E-state index in [1.165, 1.54) is 24.8 Å². The molecule has 0 saturated carbocycles. The molecule has 2 bridgehead atoms. The van der Waals surface area contributed by atoms with Gasteiger partial charge in [-0.25, -0.2) is 0 Å². The van der Waals surface area contributed by atoms with Crippen molar-refractivity contribution in [3.63, 3.8) is 0 Å². The lowest BCUT2D eigenvalue weighted by Crippen LogP contribution is -2.55. The molecule has 2 heterocycles. The third-order valence-electron chi connectivity index (χ3n) is 4.85. The minimum Gasteiger partial charge on any atom is -0.328 e. The van der Waals surface area contributed by atoms with E-state index in [1.54, 1.807) is 0 Å². The molecule has 0 aromatic heterocycles. The van der Waals surface area contributed by atoms with Gasteiger partial charge in [-0.3, -0.25) is 4.90 Å². The van der Waals surface area contributed by atoms with Crippen molar-refractivity contribution in [1.82, 2.24) is 4.90 Å². The van der Waals surface area contributed by atoms with E-state index in [9.17, 15) is 0 Å². The summed E-state index contributed by atoms with van der Waals surface area (Å²) in [7, 11) is 0. The van der Waals surface area contributed by atoms with Crippen LogP contribution in [0, 0.1) is 0 Å². The minimum absolute atomic E-state index is 0.401. The summed E-state index contributed by atoms with van der Waals surface area (Å²) in [5.74, 6) is 0. The highest BCUT2D eigenvalue weighted by Gasteiger charge is 2.39. The normalized spacial score (nSPS) is 33.1. The standard InChI is InChI=1S/C16H23ClN2/c1-11(12-4-2-5-13(17)8-12)19-15-6-3-7-16(19)10-14(18)9-15/h2,4-5,8,11,14-16H,3,6-7,9-10,18H2,1H3. The maximum absolute atomic E-state index is 6.20. The Kier molecular flexibility index (Phi) is 3.84. The monoisotopic (exact) mass is 278 g/mol. The van der Waals surface area contributed by atoms with Crippen LogP contribution in [-0.4, -0.2) is 23.0 Å². The predicted molar refractivity (Wildman–Crippen MR) is 80.3 cm³/mol. The number of hydrogen-bond donors (Lipinski definition) is 1. The third-order valence-corrected chi connectivity index (χ3v) is 5.08. The number of nitrogens with two attached hydrogens (primary N) is 1. The van der Waals surface area contributed by atoms with Crippen molar-refractivity contribution in [1.29, 1.82) is 0 Å². The van der Waals surface area contributed by atoms with Crippen LogP contribution < -0.4 is 5.73 Å². The van der Waals surface area contributed by atoms with Gasteiger partial charge in [0.2, 0.25) is 0 Å². The summed E-state index contributed by atoms with van der Waals surface area (Å²) < 4.78 is 0. The van der Waals surface area contributed by atoms with Crippen LogP contribution in [0.25, 0.3) is 0 Å². The van der Waals surface area contributed by atoms with E-state index in [2.05, 4.69) is 30.0 Å². The summed E-state index contributed by atoms with van der Waals surface area (Å²) in [5, 5.41) is 0.836. The quantitative estimate of drug-likeness (QED) is 0.893. The summed E-state index contributed by atoms with van der Waals surface area (Å²) in [5.41, 5.74) is 7.54. The SMILES string of the molecule is CC(c1cccc(Cl)c1)N1C2CCCC1CC(N)C2. The van der Waals surface area contributed by atoms with E-state index in [0.29, 0.717) is 24.2 Å². The highest BCUT2D eigenvalue weighted by atomic mass is 35.5. The van der Waals surface area contributed by atoms with Gasteiger partial charge in [0, 0.05) is 29.2 Å². The van der Waals surface area contributed by atoms with Gasteiger partial charge in [0.05, 0.1) is 0 Å². The van der Waals surface area contributed by atoms with Crippen LogP contribution in [0.2, 0.25) is 5.02 Å². The molecule has 2 N–H and O–H groups in total. The maximum atomic E-state index is 6.20. The number of piperidine rings is 2. The van der Waals surface area contributed by atoms with Gasteiger partial charge in [0.15, 0.2) is 0 Å². The van der Waals surface area contributed by atoms with E-state index in [1.807, 2.05) is 6.07 Å². The lowest BCUT2D eigenvalue weighted by atomic mass is 9.80. The molecule has 2 aliphatic heterocycles. The summed E-state index contributed by atoms with van der Waals surface area (Å²) in [4.78, 5) is 2.71. The zero-order valence-electron chi connectivity index (χ0n) is 11.6. The Morgan fingerprint density at radius 3 is 2.58 bits per heavy atom. The van der Waals surface area contributed by atoms with Crippen molar-refractivity contribution in [2.45, 2.75) is 63.2 Å². The Morgan fingerprint density at radius 1 is 1.26 bits per heavy atom. The van der Waals surface area contributed by atoms with E-state index in [-0.39, 0.29) is 0 Å². The fraction of sp³-hybridized carbons (Fsp3) is 0.625. The van der Waals surface area contributed by atoms with Crippen LogP contribution in [0.4, 0.5) is 0 Å². The van der Waals surface area contributed by atoms with Crippen LogP contribution in [0.1, 0.15) is 50.6 Å². The summed E-state index contributed by atoms with van der Waals surface area (Å²) in [6.07, 6.45) is 6.27. The van der Waals surface area contributed by atoms with E-state index in [0.717, 1.165) is 17.9 Å². The maximum Gasteiger partial charge on any atom is 0.0409 e. The van der Waals surface area contributed by atoms with Crippen molar-refractivity contribution >= 4 is 11.6 Å². The molecule has 3 atom stereocenters. The molecule has 2 nitrogen and oxygen atoms in total. The molecular weight excluding hydrogens is 256 g/mol. The van der Waals surface area contributed by atoms with Crippen LogP contribution in [0.3, 0.4) is 0 Å². The van der Waals surface area contributed by atoms with Gasteiger partial charge in [-0.05, 0) is 50.3 Å². The first-order valence-electron chi connectivity index (χ1n) is 7.43. The number of hydrogen-bond acceptors (Lipinski definition) is 2. The lowest BCUT2D eigenvalue weighted by Gasteiger charge is -2.51. The molecular formula is C16H23ClN2. The fourth-order valence-electron chi connectivity index (χ4n) is 4.03. The predicted octanol–water partition coefficient (Wildman–Crippen LogP) is 3.75. The topological polar surface area (TPSA) is 29.3 Å². The molecule has 2 aliphatic rings. The van der Waals surface area contributed by atoms with Gasteiger partial charge in [-0.2, -0.15) is 0 Å². The van der Waals surface area contributed by atoms with Crippen LogP contribution in [0.5, 0.6) is 0 Å². The van der Waals surface area contributed by atoms with Gasteiger partial charge in [0.1, 0.15) is 0 Å². The molecule has 1 aromatic rings. The highest BCUT2D eigenvalue weighted by Crippen LogP contribution is 2.39. The van der Waals surface area contributed by atoms with Gasteiger partial charge < -0.3 is 5.73 Å². The van der Waals surface area contributed by atoms with Crippen LogP contribution in [-0.2, 0) is 0 Å². The second-order valence-corrected chi connectivity index (χ2v) is 6.58. The van der Waals surface area contributed by atoms with Gasteiger partial charge in [0.25, 0.3) is 0 Å². The molecule has 1 aromatic carbocycles. The third kappa shape index (κ3) is 2.67. The van der Waals surface area contributed by atoms with Gasteiger partial charge in [-0.15, -0.1) is 0 Å². The first kappa shape index (κ1) is 13.4. The number of nitrogens with zero attached hydrogens (tertiary/aromatic N) is 1. The van der Waals surface area contributed by atoms with Crippen molar-refractivity contribution in [3.05, 3.63) is 34.9 Å². The van der Waals surface area contributed by atoms with Crippen molar-refractivity contribution in [3.8, 4) is 0 Å². The Balaban J connectivity index is 1.84. The molecule has 3 unspecified atom stereocenters. The summed E-state index contributed by atoms with van der Waals surface area (Å²) in [6, 6.07) is 10.5. The van der Waals surface area contributed by atoms with Crippen molar-refractivity contribution < 1.29 is 0 Å². The molecule has 2 fully saturated rings. The molecule has 0 spiro atoms. The first-order valence-corrected chi connectivity index (χ1v) is 7.81. The highest BCUT2D eigenvalue weighted by molar-refractivity contribution is 6.30. The summed E-state index contributed by atoms with van der Waals surface area (Å²) >= 11 is 6.13. The molecule has 0 amide bonds. The number of rotatable bonds is 2. The Hall–Kier alpha value is -0.570. The number of benzene rings is 1. The molecule has 3 heteroatoms. The smallest absolute Gasteiger partial charge is 0.0409 e. The average Bonchev–Trinajstić information content (AvgIpc) is 2.37. The van der Waals surface area contributed by atoms with E-state index in [4.69, 9.17) is 17.3 Å². The zero-order chi connectivity index (χ0) is 13.4. The zero-order valence-corrected chi connectivity index (χ0v) is 12.3. The Morgan fingerprint density at radius 2 is 1.95 bits per heavy atom. The van der Waals surface area contributed by atoms with Crippen molar-refractivity contribution in [2.75, 3.05) is 0 Å². The summed E-state index contributed by atoms with van der Waals surface area (Å²) in [6.45, 7) is 2.31. The number of fused-ring (bicyclic) bond motifs is 2. The van der Waals surface area contributed by atoms with Crippen LogP contribution in [0.15, 0.2) is 24.3 Å². The second-order valence-electron chi connectivity index (χ2n) is 6.15. The fourth-order valence-corrected chi connectivity index (χ4v) is 4.23. The average molecular weight is 279 g/mol. The van der Waals surface area contributed by atoms with E-state index >= 15 is 0 Å². The molecule has 0 aliphatic carbocycles. The molecule has 104 valence electrons. The second kappa shape index (κ2) is 5.43. The van der Waals surface area contributed by atoms with Crippen LogP contribution >= 0.6 is 11.6 Å². The first-order chi connectivity index (χ1) is 9.15. The van der Waals surface area contributed by atoms with Gasteiger partial charge in [-0.1, -0.05) is 30.2 Å². The largest absolute Gasteiger partial charge is 0.328 e. The molecule has 2 saturated heterocycles. The lowest BCUT2D eigenvalue weighted by molar-refractivity contribution is -0.000509. The van der Waals surface area contributed by atoms with Gasteiger partial charge >= 0.3 is 0 Å². The molecule has 3 rings (SSSR count).